The third kappa shape index (κ3) is 2.56. The zero-order chi connectivity index (χ0) is 14.2. The molecule has 0 amide bonds. The normalized spacial score (nSPS) is 13.1. The Morgan fingerprint density at radius 3 is 2.58 bits per heavy atom. The lowest BCUT2D eigenvalue weighted by atomic mass is 10.2. The fourth-order valence-corrected chi connectivity index (χ4v) is 3.22. The van der Waals surface area contributed by atoms with E-state index in [4.69, 9.17) is 5.73 Å². The molecule has 2 N–H and O–H groups in total. The second-order valence-electron chi connectivity index (χ2n) is 5.24. The molecule has 0 radical (unpaired) electrons. The van der Waals surface area contributed by atoms with Crippen molar-refractivity contribution in [2.45, 2.75) is 34.2 Å². The maximum atomic E-state index is 6.06. The topological polar surface area (TPSA) is 56.7 Å². The monoisotopic (exact) mass is 278 g/mol. The summed E-state index contributed by atoms with van der Waals surface area (Å²) in [4.78, 5) is 8.88. The van der Waals surface area contributed by atoms with E-state index in [-0.39, 0.29) is 0 Å². The van der Waals surface area contributed by atoms with E-state index in [0.717, 1.165) is 29.2 Å². The number of nitrogens with two attached hydrogens (primary N) is 1. The second kappa shape index (κ2) is 5.41. The third-order valence-corrected chi connectivity index (χ3v) is 4.46. The van der Waals surface area contributed by atoms with Crippen molar-refractivity contribution in [1.82, 2.24) is 14.5 Å². The van der Waals surface area contributed by atoms with Gasteiger partial charge in [-0.3, -0.25) is 0 Å². The smallest absolute Gasteiger partial charge is 0.146 e. The highest BCUT2D eigenvalue weighted by Gasteiger charge is 2.17. The van der Waals surface area contributed by atoms with Crippen molar-refractivity contribution in [3.63, 3.8) is 0 Å². The molecule has 0 aliphatic carbocycles. The van der Waals surface area contributed by atoms with Crippen molar-refractivity contribution in [2.75, 3.05) is 17.7 Å². The van der Waals surface area contributed by atoms with Gasteiger partial charge in [-0.2, -0.15) is 11.8 Å². The lowest BCUT2D eigenvalue weighted by molar-refractivity contribution is 0.532. The molecule has 2 rings (SSSR count). The van der Waals surface area contributed by atoms with Crippen molar-refractivity contribution in [1.29, 1.82) is 0 Å². The van der Waals surface area contributed by atoms with Gasteiger partial charge < -0.3 is 10.3 Å². The van der Waals surface area contributed by atoms with Crippen LogP contribution in [0, 0.1) is 26.7 Å². The highest BCUT2D eigenvalue weighted by atomic mass is 32.2. The molecule has 0 saturated heterocycles. The number of aromatic nitrogens is 3. The standard InChI is InChI=1S/C14H22N4S/c1-8(7-19-5)6-18-10(3)9(2)12-13(15)16-11(4)17-14(12)18/h8H,6-7H2,1-5H3,(H2,15,16,17). The maximum absolute atomic E-state index is 6.06. The first-order valence-corrected chi connectivity index (χ1v) is 7.93. The van der Waals surface area contributed by atoms with E-state index >= 15 is 0 Å². The van der Waals surface area contributed by atoms with Crippen LogP contribution in [0.15, 0.2) is 0 Å². The van der Waals surface area contributed by atoms with E-state index in [1.54, 1.807) is 0 Å². The molecule has 0 aliphatic rings. The van der Waals surface area contributed by atoms with E-state index in [2.05, 4.69) is 41.6 Å². The highest BCUT2D eigenvalue weighted by Crippen LogP contribution is 2.28. The van der Waals surface area contributed by atoms with Gasteiger partial charge >= 0.3 is 0 Å². The first kappa shape index (κ1) is 14.2. The van der Waals surface area contributed by atoms with Gasteiger partial charge in [-0.15, -0.1) is 0 Å². The zero-order valence-corrected chi connectivity index (χ0v) is 13.1. The molecule has 2 aromatic heterocycles. The van der Waals surface area contributed by atoms with E-state index < -0.39 is 0 Å². The van der Waals surface area contributed by atoms with Crippen LogP contribution in [0.5, 0.6) is 0 Å². The lowest BCUT2D eigenvalue weighted by Crippen LogP contribution is -2.12. The van der Waals surface area contributed by atoms with Crippen molar-refractivity contribution in [3.8, 4) is 0 Å². The molecule has 0 bridgehead atoms. The van der Waals surface area contributed by atoms with Gasteiger partial charge in [-0.05, 0) is 44.3 Å². The highest BCUT2D eigenvalue weighted by molar-refractivity contribution is 7.98. The lowest BCUT2D eigenvalue weighted by Gasteiger charge is -2.14. The average molecular weight is 278 g/mol. The number of nitrogens with zero attached hydrogens (tertiary/aromatic N) is 3. The summed E-state index contributed by atoms with van der Waals surface area (Å²) in [6, 6.07) is 0. The van der Waals surface area contributed by atoms with Crippen LogP contribution < -0.4 is 5.73 Å². The summed E-state index contributed by atoms with van der Waals surface area (Å²) in [5.41, 5.74) is 9.48. The van der Waals surface area contributed by atoms with Gasteiger partial charge in [0.15, 0.2) is 0 Å². The van der Waals surface area contributed by atoms with Crippen LogP contribution in [0.4, 0.5) is 5.82 Å². The molecule has 5 heteroatoms. The average Bonchev–Trinajstić information content (AvgIpc) is 2.54. The summed E-state index contributed by atoms with van der Waals surface area (Å²) >= 11 is 1.88. The minimum absolute atomic E-state index is 0.597. The van der Waals surface area contributed by atoms with Crippen LogP contribution in [0.3, 0.4) is 0 Å². The number of aryl methyl sites for hydroxylation is 2. The number of nitrogen functional groups attached to an aromatic ring is 1. The van der Waals surface area contributed by atoms with Gasteiger partial charge in [0, 0.05) is 12.2 Å². The largest absolute Gasteiger partial charge is 0.383 e. The second-order valence-corrected chi connectivity index (χ2v) is 6.15. The van der Waals surface area contributed by atoms with Crippen LogP contribution >= 0.6 is 11.8 Å². The Morgan fingerprint density at radius 1 is 1.26 bits per heavy atom. The molecule has 0 aromatic carbocycles. The fourth-order valence-electron chi connectivity index (χ4n) is 2.55. The van der Waals surface area contributed by atoms with Crippen LogP contribution in [-0.2, 0) is 6.54 Å². The Morgan fingerprint density at radius 2 is 1.95 bits per heavy atom. The molecule has 1 atom stereocenters. The van der Waals surface area contributed by atoms with E-state index in [1.165, 1.54) is 11.3 Å². The van der Waals surface area contributed by atoms with Crippen LogP contribution in [0.25, 0.3) is 11.0 Å². The Labute approximate surface area is 118 Å². The van der Waals surface area contributed by atoms with Crippen molar-refractivity contribution in [3.05, 3.63) is 17.1 Å². The summed E-state index contributed by atoms with van der Waals surface area (Å²) in [5.74, 6) is 3.10. The number of hydrogen-bond acceptors (Lipinski definition) is 4. The van der Waals surface area contributed by atoms with Gasteiger partial charge in [-0.25, -0.2) is 9.97 Å². The number of fused-ring (bicyclic) bond motifs is 1. The Hall–Kier alpha value is -1.23. The molecule has 19 heavy (non-hydrogen) atoms. The predicted octanol–water partition coefficient (Wildman–Crippen LogP) is 2.94. The number of rotatable bonds is 4. The first-order valence-electron chi connectivity index (χ1n) is 6.54. The Bertz CT molecular complexity index is 603. The quantitative estimate of drug-likeness (QED) is 0.934. The molecule has 0 fully saturated rings. The maximum Gasteiger partial charge on any atom is 0.146 e. The van der Waals surface area contributed by atoms with E-state index in [0.29, 0.717) is 11.7 Å². The van der Waals surface area contributed by atoms with Crippen molar-refractivity contribution in [2.24, 2.45) is 5.92 Å². The SMILES string of the molecule is CSCC(C)Cn1c(C)c(C)c2c(N)nc(C)nc21. The predicted molar refractivity (Wildman–Crippen MR) is 83.7 cm³/mol. The van der Waals surface area contributed by atoms with Crippen LogP contribution in [-0.4, -0.2) is 26.5 Å². The first-order chi connectivity index (χ1) is 8.95. The molecular weight excluding hydrogens is 256 g/mol. The summed E-state index contributed by atoms with van der Waals surface area (Å²) in [5, 5.41) is 1.01. The minimum Gasteiger partial charge on any atom is -0.383 e. The molecule has 0 spiro atoms. The summed E-state index contributed by atoms with van der Waals surface area (Å²) in [6.07, 6.45) is 2.15. The summed E-state index contributed by atoms with van der Waals surface area (Å²) < 4.78 is 2.29. The Kier molecular flexibility index (Phi) is 4.04. The number of anilines is 1. The third-order valence-electron chi connectivity index (χ3n) is 3.55. The number of thioether (sulfide) groups is 1. The summed E-state index contributed by atoms with van der Waals surface area (Å²) in [6.45, 7) is 9.38. The molecule has 2 heterocycles. The van der Waals surface area contributed by atoms with Gasteiger partial charge in [0.05, 0.1) is 5.39 Å². The minimum atomic E-state index is 0.597. The van der Waals surface area contributed by atoms with Gasteiger partial charge in [0.2, 0.25) is 0 Å². The summed E-state index contributed by atoms with van der Waals surface area (Å²) in [7, 11) is 0. The molecule has 4 nitrogen and oxygen atoms in total. The van der Waals surface area contributed by atoms with Gasteiger partial charge in [0.1, 0.15) is 17.3 Å². The Balaban J connectivity index is 2.57. The molecule has 2 aromatic rings. The molecule has 0 saturated carbocycles. The fraction of sp³-hybridized carbons (Fsp3) is 0.571. The zero-order valence-electron chi connectivity index (χ0n) is 12.3. The van der Waals surface area contributed by atoms with E-state index in [1.807, 2.05) is 18.7 Å². The van der Waals surface area contributed by atoms with Crippen LogP contribution in [0.1, 0.15) is 24.0 Å². The van der Waals surface area contributed by atoms with Gasteiger partial charge in [-0.1, -0.05) is 6.92 Å². The molecule has 1 unspecified atom stereocenters. The van der Waals surface area contributed by atoms with Gasteiger partial charge in [0.25, 0.3) is 0 Å². The molecule has 104 valence electrons. The molecule has 0 aliphatic heterocycles. The van der Waals surface area contributed by atoms with Crippen molar-refractivity contribution < 1.29 is 0 Å². The number of hydrogen-bond donors (Lipinski definition) is 1. The molecular formula is C14H22N4S. The van der Waals surface area contributed by atoms with E-state index in [9.17, 15) is 0 Å². The van der Waals surface area contributed by atoms with Crippen LogP contribution in [0.2, 0.25) is 0 Å². The van der Waals surface area contributed by atoms with Crippen molar-refractivity contribution >= 4 is 28.6 Å².